The predicted octanol–water partition coefficient (Wildman–Crippen LogP) is -1.33. The fourth-order valence-electron chi connectivity index (χ4n) is 4.37. The Bertz CT molecular complexity index is 926. The van der Waals surface area contributed by atoms with Crippen LogP contribution >= 0.6 is 11.8 Å². The quantitative estimate of drug-likeness (QED) is 0.0864. The van der Waals surface area contributed by atoms with Crippen LogP contribution in [0.25, 0.3) is 0 Å². The Morgan fingerprint density at radius 1 is 0.878 bits per heavy atom. The first-order valence-electron chi connectivity index (χ1n) is 13.8. The minimum atomic E-state index is -1.01. The third-order valence-corrected chi connectivity index (χ3v) is 7.79. The Morgan fingerprint density at radius 3 is 2.10 bits per heavy atom. The second kappa shape index (κ2) is 19.8. The second-order valence-corrected chi connectivity index (χ2v) is 11.1. The predicted molar refractivity (Wildman–Crippen MR) is 153 cm³/mol. The van der Waals surface area contributed by atoms with Crippen LogP contribution in [0.4, 0.5) is 0 Å². The number of carboxylic acids is 1. The highest BCUT2D eigenvalue weighted by Crippen LogP contribution is 2.28. The lowest BCUT2D eigenvalue weighted by Crippen LogP contribution is -2.47. The van der Waals surface area contributed by atoms with Crippen molar-refractivity contribution in [1.29, 1.82) is 0 Å². The first-order chi connectivity index (χ1) is 19.5. The number of nitrogens with one attached hydrogen (secondary N) is 5. The van der Waals surface area contributed by atoms with Gasteiger partial charge in [0, 0.05) is 19.0 Å². The third kappa shape index (κ3) is 15.4. The van der Waals surface area contributed by atoms with Crippen molar-refractivity contribution < 1.29 is 38.7 Å². The summed E-state index contributed by atoms with van der Waals surface area (Å²) in [5, 5.41) is 21.3. The van der Waals surface area contributed by atoms with E-state index < -0.39 is 35.0 Å². The molecule has 0 heterocycles. The van der Waals surface area contributed by atoms with Crippen LogP contribution in [-0.4, -0.2) is 96.7 Å². The first-order valence-corrected chi connectivity index (χ1v) is 15.1. The normalized spacial score (nSPS) is 17.8. The Hall–Kier alpha value is -3.20. The molecule has 0 bridgehead atoms. The lowest BCUT2D eigenvalue weighted by molar-refractivity contribution is -0.138. The lowest BCUT2D eigenvalue weighted by Gasteiger charge is -2.28. The monoisotopic (exact) mass is 600 g/mol. The molecule has 1 aliphatic rings. The Labute approximate surface area is 244 Å². The number of rotatable bonds is 19. The maximum Gasteiger partial charge on any atom is 0.305 e. The zero-order chi connectivity index (χ0) is 30.8. The number of amides is 5. The SMILES string of the molecule is CS[C@H](CC(=O)O)C(=O)NCC1CCC(C(=O)NCCCCC(NC(=O)CNC(=O)CNC(=O)CN)C(C)=O)CC1. The summed E-state index contributed by atoms with van der Waals surface area (Å²) in [5.41, 5.74) is 5.13. The van der Waals surface area contributed by atoms with E-state index in [0.717, 1.165) is 12.8 Å². The molecule has 0 aromatic rings. The van der Waals surface area contributed by atoms with E-state index >= 15 is 0 Å². The van der Waals surface area contributed by atoms with Crippen LogP contribution in [0.5, 0.6) is 0 Å². The van der Waals surface area contributed by atoms with Gasteiger partial charge in [0.2, 0.25) is 29.5 Å². The van der Waals surface area contributed by atoms with E-state index in [1.807, 2.05) is 0 Å². The standard InChI is InChI=1S/C26H44N6O8S/c1-16(33)19(32-23(36)15-30-22(35)14-29-21(34)12-27)5-3-4-10-28-25(39)18-8-6-17(7-9-18)13-31-26(40)20(41-2)11-24(37)38/h17-20H,3-15,27H2,1-2H3,(H,28,39)(H,29,34)(H,30,35)(H,31,40)(H,32,36)(H,37,38)/t17?,18?,19?,20-/m1/s1. The van der Waals surface area contributed by atoms with Crippen LogP contribution in [0, 0.1) is 11.8 Å². The van der Waals surface area contributed by atoms with Gasteiger partial charge in [-0.3, -0.25) is 33.6 Å². The minimum Gasteiger partial charge on any atom is -0.481 e. The summed E-state index contributed by atoms with van der Waals surface area (Å²) in [6.45, 7) is 1.38. The molecule has 1 unspecified atom stereocenters. The highest BCUT2D eigenvalue weighted by Gasteiger charge is 2.27. The van der Waals surface area contributed by atoms with Gasteiger partial charge in [0.1, 0.15) is 0 Å². The molecule has 0 spiro atoms. The number of carbonyl (C=O) groups is 7. The van der Waals surface area contributed by atoms with Crippen molar-refractivity contribution in [2.45, 2.75) is 69.6 Å². The molecule has 232 valence electrons. The van der Waals surface area contributed by atoms with Crippen LogP contribution in [0.3, 0.4) is 0 Å². The molecule has 14 nitrogen and oxygen atoms in total. The number of hydrogen-bond acceptors (Lipinski definition) is 9. The number of Topliss-reactive ketones (excluding diaryl/α,β-unsaturated/α-hetero) is 1. The number of carbonyl (C=O) groups excluding carboxylic acids is 6. The van der Waals surface area contributed by atoms with E-state index in [9.17, 15) is 33.6 Å². The summed E-state index contributed by atoms with van der Waals surface area (Å²) < 4.78 is 0. The molecule has 0 saturated heterocycles. The molecule has 41 heavy (non-hydrogen) atoms. The minimum absolute atomic E-state index is 0.0220. The van der Waals surface area contributed by atoms with Crippen molar-refractivity contribution in [1.82, 2.24) is 26.6 Å². The van der Waals surface area contributed by atoms with Gasteiger partial charge in [-0.2, -0.15) is 11.8 Å². The number of hydrogen-bond donors (Lipinski definition) is 7. The van der Waals surface area contributed by atoms with Crippen molar-refractivity contribution >= 4 is 53.1 Å². The van der Waals surface area contributed by atoms with Crippen molar-refractivity contribution in [3.05, 3.63) is 0 Å². The molecular weight excluding hydrogens is 556 g/mol. The van der Waals surface area contributed by atoms with Gasteiger partial charge in [-0.15, -0.1) is 0 Å². The molecule has 8 N–H and O–H groups in total. The van der Waals surface area contributed by atoms with Crippen molar-refractivity contribution in [3.8, 4) is 0 Å². The van der Waals surface area contributed by atoms with Gasteiger partial charge in [-0.1, -0.05) is 0 Å². The molecule has 1 saturated carbocycles. The Morgan fingerprint density at radius 2 is 1.51 bits per heavy atom. The highest BCUT2D eigenvalue weighted by molar-refractivity contribution is 7.99. The van der Waals surface area contributed by atoms with Gasteiger partial charge in [0.15, 0.2) is 5.78 Å². The summed E-state index contributed by atoms with van der Waals surface area (Å²) in [7, 11) is 0. The van der Waals surface area contributed by atoms with E-state index in [1.165, 1.54) is 18.7 Å². The van der Waals surface area contributed by atoms with Crippen LogP contribution < -0.4 is 32.3 Å². The molecule has 1 aliphatic carbocycles. The number of thioether (sulfide) groups is 1. The number of carboxylic acid groups (broad SMARTS) is 1. The molecular formula is C26H44N6O8S. The van der Waals surface area contributed by atoms with E-state index in [1.54, 1.807) is 6.26 Å². The van der Waals surface area contributed by atoms with Crippen molar-refractivity contribution in [3.63, 3.8) is 0 Å². The van der Waals surface area contributed by atoms with Crippen LogP contribution in [0.2, 0.25) is 0 Å². The molecule has 0 radical (unpaired) electrons. The Kier molecular flexibility index (Phi) is 17.3. The van der Waals surface area contributed by atoms with E-state index in [0.29, 0.717) is 45.2 Å². The smallest absolute Gasteiger partial charge is 0.305 e. The fraction of sp³-hybridized carbons (Fsp3) is 0.731. The zero-order valence-electron chi connectivity index (χ0n) is 23.8. The van der Waals surface area contributed by atoms with Gasteiger partial charge in [0.25, 0.3) is 0 Å². The van der Waals surface area contributed by atoms with Crippen LogP contribution in [-0.2, 0) is 33.6 Å². The van der Waals surface area contributed by atoms with Crippen LogP contribution in [0.1, 0.15) is 58.3 Å². The Balaban J connectivity index is 2.25. The van der Waals surface area contributed by atoms with Crippen molar-refractivity contribution in [2.75, 3.05) is 39.0 Å². The zero-order valence-corrected chi connectivity index (χ0v) is 24.6. The molecule has 0 aromatic carbocycles. The van der Waals surface area contributed by atoms with Gasteiger partial charge >= 0.3 is 5.97 Å². The topological polar surface area (TPSA) is 226 Å². The largest absolute Gasteiger partial charge is 0.481 e. The number of ketones is 1. The van der Waals surface area contributed by atoms with Gasteiger partial charge in [-0.05, 0) is 64.0 Å². The molecule has 0 aliphatic heterocycles. The molecule has 2 atom stereocenters. The first kappa shape index (κ1) is 35.8. The fourth-order valence-corrected chi connectivity index (χ4v) is 4.98. The highest BCUT2D eigenvalue weighted by atomic mass is 32.2. The van der Waals surface area contributed by atoms with Crippen molar-refractivity contribution in [2.24, 2.45) is 17.6 Å². The third-order valence-electron chi connectivity index (χ3n) is 6.84. The van der Waals surface area contributed by atoms with Gasteiger partial charge in [-0.25, -0.2) is 0 Å². The summed E-state index contributed by atoms with van der Waals surface area (Å²) in [5.74, 6) is -2.97. The molecule has 15 heteroatoms. The average Bonchev–Trinajstić information content (AvgIpc) is 2.95. The maximum absolute atomic E-state index is 12.6. The van der Waals surface area contributed by atoms with E-state index in [2.05, 4.69) is 26.6 Å². The summed E-state index contributed by atoms with van der Waals surface area (Å²) in [6, 6.07) is -0.710. The summed E-state index contributed by atoms with van der Waals surface area (Å²) in [6.07, 6.45) is 6.10. The molecule has 5 amide bonds. The van der Waals surface area contributed by atoms with Gasteiger partial charge < -0.3 is 37.4 Å². The van der Waals surface area contributed by atoms with Gasteiger partial charge in [0.05, 0.1) is 37.3 Å². The number of unbranched alkanes of at least 4 members (excludes halogenated alkanes) is 1. The average molecular weight is 601 g/mol. The lowest BCUT2D eigenvalue weighted by atomic mass is 9.81. The maximum atomic E-state index is 12.6. The molecule has 1 rings (SSSR count). The number of nitrogens with two attached hydrogens (primary N) is 1. The van der Waals surface area contributed by atoms with Crippen LogP contribution in [0.15, 0.2) is 0 Å². The molecule has 0 aromatic heterocycles. The summed E-state index contributed by atoms with van der Waals surface area (Å²) >= 11 is 1.21. The van der Waals surface area contributed by atoms with E-state index in [4.69, 9.17) is 10.8 Å². The second-order valence-electron chi connectivity index (χ2n) is 10.1. The van der Waals surface area contributed by atoms with E-state index in [-0.39, 0.29) is 55.5 Å². The summed E-state index contributed by atoms with van der Waals surface area (Å²) in [4.78, 5) is 82.4. The number of aliphatic carboxylic acids is 1. The molecule has 1 fully saturated rings.